The summed E-state index contributed by atoms with van der Waals surface area (Å²) in [6.45, 7) is 10.7. The summed E-state index contributed by atoms with van der Waals surface area (Å²) in [6, 6.07) is 16.3. The van der Waals surface area contributed by atoms with Gasteiger partial charge in [0.2, 0.25) is 0 Å². The van der Waals surface area contributed by atoms with E-state index in [4.69, 9.17) is 4.74 Å². The Balaban J connectivity index is 1.17. The molecule has 174 valence electrons. The first-order valence-electron chi connectivity index (χ1n) is 11.5. The Labute approximate surface area is 200 Å². The lowest BCUT2D eigenvalue weighted by Gasteiger charge is -2.34. The van der Waals surface area contributed by atoms with Gasteiger partial charge >= 0.3 is 0 Å². The van der Waals surface area contributed by atoms with E-state index in [2.05, 4.69) is 38.3 Å². The van der Waals surface area contributed by atoms with E-state index in [0.717, 1.165) is 54.8 Å². The minimum atomic E-state index is -0.103. The van der Waals surface area contributed by atoms with Crippen LogP contribution in [0.25, 0.3) is 0 Å². The van der Waals surface area contributed by atoms with Crippen molar-refractivity contribution in [2.75, 3.05) is 32.7 Å². The number of carbonyl (C=O) groups excluding carboxylic acids is 1. The molecule has 1 aliphatic rings. The lowest BCUT2D eigenvalue weighted by Crippen LogP contribution is -2.45. The Hall–Kier alpha value is -2.74. The van der Waals surface area contributed by atoms with Gasteiger partial charge in [-0.15, -0.1) is 11.3 Å². The molecule has 0 saturated carbocycles. The van der Waals surface area contributed by atoms with Gasteiger partial charge in [-0.05, 0) is 55.3 Å². The SMILES string of the molecule is Cc1ccc(C(=O)NCC(C)Oc2ccc(CN3CCN(Cc4cccnc4)CC3)cc2)s1. The number of aromatic nitrogens is 1. The molecule has 3 aromatic rings. The number of benzene rings is 1. The molecule has 0 radical (unpaired) electrons. The first-order chi connectivity index (χ1) is 16.0. The highest BCUT2D eigenvalue weighted by Crippen LogP contribution is 2.17. The molecular weight excluding hydrogens is 432 g/mol. The minimum Gasteiger partial charge on any atom is -0.489 e. The molecule has 0 bridgehead atoms. The third kappa shape index (κ3) is 7.12. The molecule has 1 aliphatic heterocycles. The smallest absolute Gasteiger partial charge is 0.261 e. The summed E-state index contributed by atoms with van der Waals surface area (Å²) in [6.07, 6.45) is 3.67. The summed E-state index contributed by atoms with van der Waals surface area (Å²) in [5, 5.41) is 2.95. The van der Waals surface area contributed by atoms with Gasteiger partial charge in [0, 0.05) is 56.5 Å². The summed E-state index contributed by atoms with van der Waals surface area (Å²) in [4.78, 5) is 23.3. The zero-order valence-electron chi connectivity index (χ0n) is 19.4. The Bertz CT molecular complexity index is 1010. The molecule has 7 heteroatoms. The van der Waals surface area contributed by atoms with Crippen molar-refractivity contribution in [3.63, 3.8) is 0 Å². The second-order valence-electron chi connectivity index (χ2n) is 8.61. The highest BCUT2D eigenvalue weighted by molar-refractivity contribution is 7.13. The maximum absolute atomic E-state index is 12.2. The lowest BCUT2D eigenvalue weighted by molar-refractivity contribution is 0.0936. The fraction of sp³-hybridized carbons (Fsp3) is 0.385. The van der Waals surface area contributed by atoms with Crippen LogP contribution in [0.1, 0.15) is 32.6 Å². The molecule has 1 N–H and O–H groups in total. The average Bonchev–Trinajstić information content (AvgIpc) is 3.27. The fourth-order valence-corrected chi connectivity index (χ4v) is 4.72. The van der Waals surface area contributed by atoms with Crippen LogP contribution in [-0.4, -0.2) is 59.5 Å². The van der Waals surface area contributed by atoms with Crippen LogP contribution in [0.3, 0.4) is 0 Å². The van der Waals surface area contributed by atoms with Crippen molar-refractivity contribution in [2.24, 2.45) is 0 Å². The number of rotatable bonds is 9. The maximum Gasteiger partial charge on any atom is 0.261 e. The third-order valence-electron chi connectivity index (χ3n) is 5.77. The lowest BCUT2D eigenvalue weighted by atomic mass is 10.2. The second-order valence-corrected chi connectivity index (χ2v) is 9.89. The summed E-state index contributed by atoms with van der Waals surface area (Å²) in [7, 11) is 0. The predicted molar refractivity (Wildman–Crippen MR) is 133 cm³/mol. The van der Waals surface area contributed by atoms with Crippen molar-refractivity contribution in [3.05, 3.63) is 81.8 Å². The van der Waals surface area contributed by atoms with Gasteiger partial charge in [0.25, 0.3) is 5.91 Å². The third-order valence-corrected chi connectivity index (χ3v) is 6.77. The van der Waals surface area contributed by atoms with Crippen molar-refractivity contribution in [3.8, 4) is 5.75 Å². The zero-order valence-corrected chi connectivity index (χ0v) is 20.2. The van der Waals surface area contributed by atoms with Crippen LogP contribution in [0, 0.1) is 6.92 Å². The number of carbonyl (C=O) groups is 1. The molecule has 1 amide bonds. The zero-order chi connectivity index (χ0) is 23.0. The highest BCUT2D eigenvalue weighted by Gasteiger charge is 2.17. The molecular formula is C26H32N4O2S. The van der Waals surface area contributed by atoms with E-state index in [0.29, 0.717) is 6.54 Å². The quantitative estimate of drug-likeness (QED) is 0.519. The Morgan fingerprint density at radius 2 is 1.73 bits per heavy atom. The van der Waals surface area contributed by atoms with Crippen LogP contribution in [0.4, 0.5) is 0 Å². The van der Waals surface area contributed by atoms with Crippen molar-refractivity contribution in [1.29, 1.82) is 0 Å². The molecule has 1 saturated heterocycles. The summed E-state index contributed by atoms with van der Waals surface area (Å²) < 4.78 is 5.98. The molecule has 6 nitrogen and oxygen atoms in total. The normalized spacial score (nSPS) is 15.8. The first kappa shape index (κ1) is 23.4. The largest absolute Gasteiger partial charge is 0.489 e. The Morgan fingerprint density at radius 3 is 2.33 bits per heavy atom. The van der Waals surface area contributed by atoms with Gasteiger partial charge in [-0.1, -0.05) is 18.2 Å². The summed E-state index contributed by atoms with van der Waals surface area (Å²) in [5.41, 5.74) is 2.56. The standard InChI is InChI=1S/C26H32N4O2S/c1-20(16-28-26(31)25-10-5-21(2)33-25)32-24-8-6-22(7-9-24)18-29-12-14-30(15-13-29)19-23-4-3-11-27-17-23/h3-11,17,20H,12-16,18-19H2,1-2H3,(H,28,31). The number of amides is 1. The van der Waals surface area contributed by atoms with Gasteiger partial charge in [-0.2, -0.15) is 0 Å². The number of hydrogen-bond acceptors (Lipinski definition) is 6. The summed E-state index contributed by atoms with van der Waals surface area (Å²) in [5.74, 6) is 0.785. The average molecular weight is 465 g/mol. The van der Waals surface area contributed by atoms with E-state index < -0.39 is 0 Å². The first-order valence-corrected chi connectivity index (χ1v) is 12.3. The molecule has 1 unspecified atom stereocenters. The molecule has 0 spiro atoms. The minimum absolute atomic E-state index is 0.0422. The van der Waals surface area contributed by atoms with Crippen molar-refractivity contribution in [1.82, 2.24) is 20.1 Å². The highest BCUT2D eigenvalue weighted by atomic mass is 32.1. The van der Waals surface area contributed by atoms with Crippen molar-refractivity contribution < 1.29 is 9.53 Å². The number of piperazine rings is 1. The van der Waals surface area contributed by atoms with Gasteiger partial charge in [0.15, 0.2) is 0 Å². The van der Waals surface area contributed by atoms with Crippen LogP contribution >= 0.6 is 11.3 Å². The molecule has 3 heterocycles. The molecule has 4 rings (SSSR count). The molecule has 1 fully saturated rings. The molecule has 0 aliphatic carbocycles. The van der Waals surface area contributed by atoms with E-state index in [1.807, 2.05) is 56.6 Å². The summed E-state index contributed by atoms with van der Waals surface area (Å²) >= 11 is 1.51. The molecule has 33 heavy (non-hydrogen) atoms. The predicted octanol–water partition coefficient (Wildman–Crippen LogP) is 3.97. The topological polar surface area (TPSA) is 57.7 Å². The van der Waals surface area contributed by atoms with E-state index in [-0.39, 0.29) is 12.0 Å². The van der Waals surface area contributed by atoms with Gasteiger partial charge in [-0.3, -0.25) is 19.6 Å². The van der Waals surface area contributed by atoms with E-state index in [1.165, 1.54) is 22.5 Å². The number of pyridine rings is 1. The van der Waals surface area contributed by atoms with E-state index >= 15 is 0 Å². The number of aryl methyl sites for hydroxylation is 1. The van der Waals surface area contributed by atoms with Gasteiger partial charge < -0.3 is 10.1 Å². The van der Waals surface area contributed by atoms with Gasteiger partial charge in [-0.25, -0.2) is 0 Å². The van der Waals surface area contributed by atoms with Crippen LogP contribution in [-0.2, 0) is 13.1 Å². The number of hydrogen-bond donors (Lipinski definition) is 1. The number of nitrogens with one attached hydrogen (secondary N) is 1. The second kappa shape index (κ2) is 11.4. The van der Waals surface area contributed by atoms with Gasteiger partial charge in [0.1, 0.15) is 11.9 Å². The molecule has 1 aromatic carbocycles. The van der Waals surface area contributed by atoms with Crippen molar-refractivity contribution >= 4 is 17.2 Å². The van der Waals surface area contributed by atoms with Crippen molar-refractivity contribution in [2.45, 2.75) is 33.0 Å². The van der Waals surface area contributed by atoms with Crippen LogP contribution < -0.4 is 10.1 Å². The Morgan fingerprint density at radius 1 is 1.03 bits per heavy atom. The van der Waals surface area contributed by atoms with E-state index in [1.54, 1.807) is 0 Å². The van der Waals surface area contributed by atoms with Crippen LogP contribution in [0.2, 0.25) is 0 Å². The number of nitrogens with zero attached hydrogens (tertiary/aromatic N) is 3. The molecule has 1 atom stereocenters. The number of ether oxygens (including phenoxy) is 1. The van der Waals surface area contributed by atoms with E-state index in [9.17, 15) is 4.79 Å². The Kier molecular flexibility index (Phi) is 8.10. The maximum atomic E-state index is 12.2. The van der Waals surface area contributed by atoms with Crippen LogP contribution in [0.15, 0.2) is 60.9 Å². The fourth-order valence-electron chi connectivity index (χ4n) is 3.94. The monoisotopic (exact) mass is 464 g/mol. The van der Waals surface area contributed by atoms with Crippen LogP contribution in [0.5, 0.6) is 5.75 Å². The molecule has 2 aromatic heterocycles. The van der Waals surface area contributed by atoms with Gasteiger partial charge in [0.05, 0.1) is 11.4 Å². The number of thiophene rings is 1.